The van der Waals surface area contributed by atoms with Crippen molar-refractivity contribution in [1.29, 1.82) is 0 Å². The number of carbonyl (C=O) groups excluding carboxylic acids is 3. The molecule has 1 aromatic carbocycles. The van der Waals surface area contributed by atoms with Gasteiger partial charge < -0.3 is 23.7 Å². The molecule has 0 aliphatic rings. The highest BCUT2D eigenvalue weighted by molar-refractivity contribution is 5.84. The van der Waals surface area contributed by atoms with Crippen molar-refractivity contribution in [3.05, 3.63) is 35.9 Å². The molecule has 11 heteroatoms. The minimum atomic E-state index is -2.88. The zero-order valence-corrected chi connectivity index (χ0v) is 23.9. The maximum absolute atomic E-state index is 16.6. The Labute approximate surface area is 225 Å². The van der Waals surface area contributed by atoms with Crippen LogP contribution in [-0.4, -0.2) is 79.2 Å². The number of methoxy groups -OCH3 is 2. The van der Waals surface area contributed by atoms with Crippen LogP contribution in [-0.2, 0) is 35.1 Å². The highest BCUT2D eigenvalue weighted by Gasteiger charge is 2.50. The van der Waals surface area contributed by atoms with Gasteiger partial charge in [-0.1, -0.05) is 30.3 Å². The number of unbranched alkanes of at least 4 members (excludes halogenated alkanes) is 1. The minimum Gasteiger partial charge on any atom is -0.457 e. The summed E-state index contributed by atoms with van der Waals surface area (Å²) in [5.74, 6) is -4.13. The lowest BCUT2D eigenvalue weighted by atomic mass is 10.1. The number of esters is 1. The summed E-state index contributed by atoms with van der Waals surface area (Å²) in [6.07, 6.45) is -1.66. The molecule has 1 rings (SSSR count). The van der Waals surface area contributed by atoms with Gasteiger partial charge >= 0.3 is 18.2 Å². The molecule has 0 bridgehead atoms. The van der Waals surface area contributed by atoms with E-state index < -0.39 is 48.3 Å². The second kappa shape index (κ2) is 14.9. The van der Waals surface area contributed by atoms with Gasteiger partial charge in [-0.25, -0.2) is 23.7 Å². The molecule has 0 radical (unpaired) electrons. The van der Waals surface area contributed by atoms with Crippen LogP contribution in [0.15, 0.2) is 30.3 Å². The highest BCUT2D eigenvalue weighted by Crippen LogP contribution is 2.29. The standard InChI is InChI=1S/C27H43FN2O8/c1-25(2,3)37-23(32)29(19-34-7)17-13-12-16-27(28,22(31)36-18-21-14-10-9-11-15-21)30(20-35-8)24(33)38-26(4,5)6/h9-11,14-15H,12-13,16-20H2,1-8H3/t27-/m0/s1. The summed E-state index contributed by atoms with van der Waals surface area (Å²) in [4.78, 5) is 40.4. The Morgan fingerprint density at radius 1 is 0.816 bits per heavy atom. The lowest BCUT2D eigenvalue weighted by Gasteiger charge is -2.36. The fourth-order valence-corrected chi connectivity index (χ4v) is 3.28. The molecule has 0 aliphatic carbocycles. The first-order valence-electron chi connectivity index (χ1n) is 12.5. The van der Waals surface area contributed by atoms with Crippen LogP contribution in [0.25, 0.3) is 0 Å². The zero-order valence-electron chi connectivity index (χ0n) is 23.9. The summed E-state index contributed by atoms with van der Waals surface area (Å²) in [6, 6.07) is 8.79. The Hall–Kier alpha value is -2.92. The van der Waals surface area contributed by atoms with E-state index in [4.69, 9.17) is 23.7 Å². The van der Waals surface area contributed by atoms with Crippen LogP contribution < -0.4 is 0 Å². The Kier molecular flexibility index (Phi) is 13.0. The maximum atomic E-state index is 16.6. The number of halogens is 1. The van der Waals surface area contributed by atoms with Gasteiger partial charge in [0.25, 0.3) is 5.79 Å². The third kappa shape index (κ3) is 11.6. The minimum absolute atomic E-state index is 0.0253. The number of rotatable bonds is 13. The van der Waals surface area contributed by atoms with Crippen molar-refractivity contribution in [1.82, 2.24) is 9.80 Å². The number of nitrogens with zero attached hydrogens (tertiary/aromatic N) is 2. The van der Waals surface area contributed by atoms with Crippen molar-refractivity contribution in [2.75, 3.05) is 34.2 Å². The van der Waals surface area contributed by atoms with E-state index in [0.717, 1.165) is 0 Å². The molecule has 2 amide bonds. The highest BCUT2D eigenvalue weighted by atomic mass is 19.1. The van der Waals surface area contributed by atoms with Crippen LogP contribution in [0.3, 0.4) is 0 Å². The molecule has 0 unspecified atom stereocenters. The summed E-state index contributed by atoms with van der Waals surface area (Å²) in [7, 11) is 2.71. The molecule has 0 saturated heterocycles. The first-order valence-corrected chi connectivity index (χ1v) is 12.5. The Morgan fingerprint density at radius 2 is 1.37 bits per heavy atom. The Bertz CT molecular complexity index is 885. The van der Waals surface area contributed by atoms with Crippen molar-refractivity contribution < 1.29 is 42.5 Å². The van der Waals surface area contributed by atoms with Crippen LogP contribution in [0.5, 0.6) is 0 Å². The van der Waals surface area contributed by atoms with Crippen LogP contribution >= 0.6 is 0 Å². The summed E-state index contributed by atoms with van der Waals surface area (Å²) in [5, 5.41) is 0. The lowest BCUT2D eigenvalue weighted by molar-refractivity contribution is -0.181. The van der Waals surface area contributed by atoms with Gasteiger partial charge in [-0.3, -0.25) is 4.90 Å². The van der Waals surface area contributed by atoms with E-state index in [0.29, 0.717) is 10.5 Å². The molecule has 1 aromatic rings. The molecule has 38 heavy (non-hydrogen) atoms. The average Bonchev–Trinajstić information content (AvgIpc) is 2.81. The monoisotopic (exact) mass is 542 g/mol. The fourth-order valence-electron chi connectivity index (χ4n) is 3.28. The molecule has 0 spiro atoms. The second-order valence-electron chi connectivity index (χ2n) is 10.8. The van der Waals surface area contributed by atoms with Crippen molar-refractivity contribution >= 4 is 18.2 Å². The van der Waals surface area contributed by atoms with Gasteiger partial charge in [0.1, 0.15) is 31.3 Å². The van der Waals surface area contributed by atoms with E-state index in [2.05, 4.69) is 0 Å². The van der Waals surface area contributed by atoms with E-state index in [1.54, 1.807) is 71.9 Å². The van der Waals surface area contributed by atoms with Crippen LogP contribution in [0.4, 0.5) is 14.0 Å². The van der Waals surface area contributed by atoms with Gasteiger partial charge in [0.15, 0.2) is 0 Å². The Balaban J connectivity index is 3.06. The Morgan fingerprint density at radius 3 is 1.89 bits per heavy atom. The largest absolute Gasteiger partial charge is 0.457 e. The first-order chi connectivity index (χ1) is 17.6. The number of alkyl halides is 1. The predicted molar refractivity (Wildman–Crippen MR) is 139 cm³/mol. The van der Waals surface area contributed by atoms with Crippen molar-refractivity contribution in [2.24, 2.45) is 0 Å². The topological polar surface area (TPSA) is 104 Å². The first kappa shape index (κ1) is 33.1. The maximum Gasteiger partial charge on any atom is 0.415 e. The van der Waals surface area contributed by atoms with Crippen molar-refractivity contribution in [3.8, 4) is 0 Å². The van der Waals surface area contributed by atoms with E-state index in [1.807, 2.05) is 0 Å². The normalized spacial score (nSPS) is 13.3. The van der Waals surface area contributed by atoms with Gasteiger partial charge in [-0.05, 0) is 59.9 Å². The fraction of sp³-hybridized carbons (Fsp3) is 0.667. The van der Waals surface area contributed by atoms with Crippen LogP contribution in [0.1, 0.15) is 66.4 Å². The van der Waals surface area contributed by atoms with Gasteiger partial charge in [-0.15, -0.1) is 0 Å². The molecule has 0 saturated carbocycles. The average molecular weight is 543 g/mol. The molecular weight excluding hydrogens is 499 g/mol. The van der Waals surface area contributed by atoms with Gasteiger partial charge in [0.05, 0.1) is 0 Å². The van der Waals surface area contributed by atoms with Crippen LogP contribution in [0, 0.1) is 0 Å². The molecule has 0 aromatic heterocycles. The van der Waals surface area contributed by atoms with Gasteiger partial charge in [0, 0.05) is 27.2 Å². The van der Waals surface area contributed by atoms with E-state index in [9.17, 15) is 14.4 Å². The molecule has 1 atom stereocenters. The van der Waals surface area contributed by atoms with Crippen LogP contribution in [0.2, 0.25) is 0 Å². The van der Waals surface area contributed by atoms with E-state index in [1.165, 1.54) is 19.1 Å². The number of benzene rings is 1. The second-order valence-corrected chi connectivity index (χ2v) is 10.8. The third-order valence-electron chi connectivity index (χ3n) is 4.95. The number of ether oxygens (including phenoxy) is 5. The number of hydrogen-bond donors (Lipinski definition) is 0. The van der Waals surface area contributed by atoms with Gasteiger partial charge in [-0.2, -0.15) is 0 Å². The predicted octanol–water partition coefficient (Wildman–Crippen LogP) is 5.25. The lowest BCUT2D eigenvalue weighted by Crippen LogP contribution is -2.56. The molecule has 0 heterocycles. The number of carbonyl (C=O) groups is 3. The molecule has 0 fully saturated rings. The SMILES string of the molecule is COCN(CCCC[C@@](F)(C(=O)OCc1ccccc1)N(COC)C(=O)OC(C)(C)C)C(=O)OC(C)(C)C. The third-order valence-corrected chi connectivity index (χ3v) is 4.95. The van der Waals surface area contributed by atoms with Gasteiger partial charge in [0.2, 0.25) is 0 Å². The van der Waals surface area contributed by atoms with E-state index >= 15 is 4.39 Å². The summed E-state index contributed by atoms with van der Waals surface area (Å²) in [6.45, 7) is 9.55. The zero-order chi connectivity index (χ0) is 29.0. The quantitative estimate of drug-likeness (QED) is 0.109. The summed E-state index contributed by atoms with van der Waals surface area (Å²) in [5.41, 5.74) is -0.981. The molecular formula is C27H43FN2O8. The number of hydrogen-bond acceptors (Lipinski definition) is 8. The van der Waals surface area contributed by atoms with E-state index in [-0.39, 0.29) is 32.7 Å². The molecule has 0 aliphatic heterocycles. The van der Waals surface area contributed by atoms with Crippen molar-refractivity contribution in [2.45, 2.75) is 84.4 Å². The molecule has 10 nitrogen and oxygen atoms in total. The smallest absolute Gasteiger partial charge is 0.415 e. The molecule has 216 valence electrons. The summed E-state index contributed by atoms with van der Waals surface area (Å²) >= 11 is 0. The summed E-state index contributed by atoms with van der Waals surface area (Å²) < 4.78 is 42.7. The van der Waals surface area contributed by atoms with Crippen molar-refractivity contribution in [3.63, 3.8) is 0 Å². The number of amides is 2. The molecule has 0 N–H and O–H groups in total.